The zero-order valence-corrected chi connectivity index (χ0v) is 16.2. The number of carbonyl (C=O) groups excluding carboxylic acids is 1. The van der Waals surface area contributed by atoms with Gasteiger partial charge < -0.3 is 19.3 Å². The van der Waals surface area contributed by atoms with E-state index in [1.165, 1.54) is 23.1 Å². The highest BCUT2D eigenvalue weighted by molar-refractivity contribution is 6.30. The van der Waals surface area contributed by atoms with Crippen LogP contribution >= 0.6 is 11.6 Å². The average molecular weight is 394 g/mol. The Hall–Kier alpha value is -2.31. The molecule has 1 heterocycles. The van der Waals surface area contributed by atoms with Crippen LogP contribution in [-0.4, -0.2) is 51.2 Å². The van der Waals surface area contributed by atoms with Crippen molar-refractivity contribution in [1.82, 2.24) is 4.90 Å². The summed E-state index contributed by atoms with van der Waals surface area (Å²) in [5.74, 6) is 0.556. The fourth-order valence-corrected chi connectivity index (χ4v) is 3.47. The van der Waals surface area contributed by atoms with Crippen LogP contribution in [0.25, 0.3) is 0 Å². The van der Waals surface area contributed by atoms with Crippen LogP contribution in [0.4, 0.5) is 4.39 Å². The Labute approximate surface area is 163 Å². The molecular weight excluding hydrogens is 371 g/mol. The highest BCUT2D eigenvalue weighted by atomic mass is 35.5. The Morgan fingerprint density at radius 3 is 2.44 bits per heavy atom. The fourth-order valence-electron chi connectivity index (χ4n) is 3.32. The van der Waals surface area contributed by atoms with Crippen molar-refractivity contribution < 1.29 is 23.6 Å². The molecule has 1 saturated heterocycles. The van der Waals surface area contributed by atoms with Crippen LogP contribution in [0.15, 0.2) is 36.4 Å². The maximum atomic E-state index is 14.0. The lowest BCUT2D eigenvalue weighted by molar-refractivity contribution is -0.917. The van der Waals surface area contributed by atoms with E-state index in [0.717, 1.165) is 25.2 Å². The molecule has 0 saturated carbocycles. The number of hydrogen-bond donors (Lipinski definition) is 1. The van der Waals surface area contributed by atoms with Crippen molar-refractivity contribution in [2.75, 3.05) is 40.4 Å². The second-order valence-corrected chi connectivity index (χ2v) is 6.97. The van der Waals surface area contributed by atoms with Gasteiger partial charge in [-0.25, -0.2) is 4.39 Å². The molecule has 1 amide bonds. The van der Waals surface area contributed by atoms with Crippen molar-refractivity contribution in [1.29, 1.82) is 0 Å². The maximum absolute atomic E-state index is 14.0. The summed E-state index contributed by atoms with van der Waals surface area (Å²) >= 11 is 5.76. The van der Waals surface area contributed by atoms with Crippen molar-refractivity contribution >= 4 is 17.5 Å². The standard InChI is InChI=1S/C20H22ClFN2O3/c1-26-18-6-3-14(11-19(18)27-2)13-23-7-9-24(10-8-23)20(25)16-5-4-15(21)12-17(16)22/h3-6,11-12H,7-10,13H2,1-2H3/p+1. The van der Waals surface area contributed by atoms with Crippen LogP contribution in [0.2, 0.25) is 5.02 Å². The molecule has 1 fully saturated rings. The third-order valence-corrected chi connectivity index (χ3v) is 5.06. The molecule has 2 aromatic carbocycles. The zero-order chi connectivity index (χ0) is 19.4. The molecule has 0 unspecified atom stereocenters. The zero-order valence-electron chi connectivity index (χ0n) is 15.4. The minimum Gasteiger partial charge on any atom is -0.493 e. The number of rotatable bonds is 5. The van der Waals surface area contributed by atoms with Gasteiger partial charge in [-0.15, -0.1) is 0 Å². The van der Waals surface area contributed by atoms with Crippen LogP contribution in [0.3, 0.4) is 0 Å². The van der Waals surface area contributed by atoms with Gasteiger partial charge in [0.05, 0.1) is 46.0 Å². The predicted molar refractivity (Wildman–Crippen MR) is 101 cm³/mol. The highest BCUT2D eigenvalue weighted by Crippen LogP contribution is 2.27. The van der Waals surface area contributed by atoms with Gasteiger partial charge in [-0.3, -0.25) is 4.79 Å². The summed E-state index contributed by atoms with van der Waals surface area (Å²) in [5, 5.41) is 0.285. The molecule has 1 aliphatic rings. The highest BCUT2D eigenvalue weighted by Gasteiger charge is 2.26. The summed E-state index contributed by atoms with van der Waals surface area (Å²) in [6.45, 7) is 3.61. The first-order chi connectivity index (χ1) is 13.0. The summed E-state index contributed by atoms with van der Waals surface area (Å²) < 4.78 is 24.6. The number of halogens is 2. The van der Waals surface area contributed by atoms with E-state index in [4.69, 9.17) is 21.1 Å². The SMILES string of the molecule is COc1ccc(C[NH+]2CCN(C(=O)c3ccc(Cl)cc3F)CC2)cc1OC. The van der Waals surface area contributed by atoms with Crippen LogP contribution in [-0.2, 0) is 6.54 Å². The van der Waals surface area contributed by atoms with Crippen molar-refractivity contribution in [3.8, 4) is 11.5 Å². The molecule has 27 heavy (non-hydrogen) atoms. The molecule has 5 nitrogen and oxygen atoms in total. The van der Waals surface area contributed by atoms with Gasteiger partial charge >= 0.3 is 0 Å². The largest absolute Gasteiger partial charge is 0.493 e. The summed E-state index contributed by atoms with van der Waals surface area (Å²) in [6.07, 6.45) is 0. The Kier molecular flexibility index (Phi) is 6.19. The van der Waals surface area contributed by atoms with Crippen LogP contribution < -0.4 is 14.4 Å². The molecule has 0 aromatic heterocycles. The van der Waals surface area contributed by atoms with Crippen molar-refractivity contribution in [3.05, 3.63) is 58.4 Å². The second kappa shape index (κ2) is 8.59. The van der Waals surface area contributed by atoms with E-state index in [9.17, 15) is 9.18 Å². The lowest BCUT2D eigenvalue weighted by atomic mass is 10.1. The topological polar surface area (TPSA) is 43.2 Å². The molecule has 0 aliphatic carbocycles. The number of nitrogens with one attached hydrogen (secondary N) is 1. The van der Waals surface area contributed by atoms with E-state index in [1.807, 2.05) is 18.2 Å². The lowest BCUT2D eigenvalue weighted by Crippen LogP contribution is -3.13. The van der Waals surface area contributed by atoms with Gasteiger partial charge in [-0.2, -0.15) is 0 Å². The summed E-state index contributed by atoms with van der Waals surface area (Å²) in [7, 11) is 3.23. The molecule has 2 aromatic rings. The molecule has 7 heteroatoms. The predicted octanol–water partition coefficient (Wildman–Crippen LogP) is 2.04. The third-order valence-electron chi connectivity index (χ3n) is 4.82. The maximum Gasteiger partial charge on any atom is 0.257 e. The monoisotopic (exact) mass is 393 g/mol. The fraction of sp³-hybridized carbons (Fsp3) is 0.350. The Morgan fingerprint density at radius 1 is 1.11 bits per heavy atom. The molecule has 0 atom stereocenters. The average Bonchev–Trinajstić information content (AvgIpc) is 2.68. The summed E-state index contributed by atoms with van der Waals surface area (Å²) in [4.78, 5) is 15.6. The van der Waals surface area contributed by atoms with Crippen molar-refractivity contribution in [2.24, 2.45) is 0 Å². The molecule has 1 N–H and O–H groups in total. The molecule has 0 bridgehead atoms. The van der Waals surface area contributed by atoms with Gasteiger partial charge in [0.2, 0.25) is 0 Å². The summed E-state index contributed by atoms with van der Waals surface area (Å²) in [6, 6.07) is 10.1. The van der Waals surface area contributed by atoms with Gasteiger partial charge in [-0.1, -0.05) is 11.6 Å². The Bertz CT molecular complexity index is 823. The summed E-state index contributed by atoms with van der Waals surface area (Å²) in [5.41, 5.74) is 1.22. The lowest BCUT2D eigenvalue weighted by Gasteiger charge is -2.32. The minimum absolute atomic E-state index is 0.0720. The number of carbonyl (C=O) groups is 1. The molecule has 1 aliphatic heterocycles. The van der Waals surface area contributed by atoms with Gasteiger partial charge in [-0.05, 0) is 36.4 Å². The number of ether oxygens (including phenoxy) is 2. The van der Waals surface area contributed by atoms with Crippen molar-refractivity contribution in [3.63, 3.8) is 0 Å². The number of benzene rings is 2. The third kappa shape index (κ3) is 4.51. The van der Waals surface area contributed by atoms with E-state index in [-0.39, 0.29) is 16.5 Å². The van der Waals surface area contributed by atoms with Gasteiger partial charge in [0.1, 0.15) is 12.4 Å². The number of hydrogen-bond acceptors (Lipinski definition) is 3. The van der Waals surface area contributed by atoms with Crippen molar-refractivity contribution in [2.45, 2.75) is 6.54 Å². The molecular formula is C20H23ClFN2O3+. The van der Waals surface area contributed by atoms with E-state index in [0.29, 0.717) is 24.6 Å². The Balaban J connectivity index is 1.59. The van der Waals surface area contributed by atoms with E-state index in [2.05, 4.69) is 0 Å². The van der Waals surface area contributed by atoms with Crippen LogP contribution in [0, 0.1) is 5.82 Å². The van der Waals surface area contributed by atoms with Crippen LogP contribution in [0.1, 0.15) is 15.9 Å². The number of methoxy groups -OCH3 is 2. The quantitative estimate of drug-likeness (QED) is 0.845. The first-order valence-corrected chi connectivity index (χ1v) is 9.18. The van der Waals surface area contributed by atoms with Gasteiger partial charge in [0, 0.05) is 10.6 Å². The smallest absolute Gasteiger partial charge is 0.257 e. The normalized spacial score (nSPS) is 14.9. The van der Waals surface area contributed by atoms with E-state index < -0.39 is 5.82 Å². The number of quaternary nitrogens is 1. The van der Waals surface area contributed by atoms with Crippen LogP contribution in [0.5, 0.6) is 11.5 Å². The first kappa shape index (κ1) is 19.5. The van der Waals surface area contributed by atoms with E-state index >= 15 is 0 Å². The number of piperazine rings is 1. The Morgan fingerprint density at radius 2 is 1.81 bits per heavy atom. The molecule has 0 spiro atoms. The molecule has 0 radical (unpaired) electrons. The van der Waals surface area contributed by atoms with Gasteiger partial charge in [0.15, 0.2) is 11.5 Å². The minimum atomic E-state index is -0.576. The van der Waals surface area contributed by atoms with Gasteiger partial charge in [0.25, 0.3) is 5.91 Å². The second-order valence-electron chi connectivity index (χ2n) is 6.53. The molecule has 144 valence electrons. The molecule has 3 rings (SSSR count). The number of amides is 1. The number of nitrogens with zero attached hydrogens (tertiary/aromatic N) is 1. The van der Waals surface area contributed by atoms with E-state index in [1.54, 1.807) is 19.1 Å². The first-order valence-electron chi connectivity index (χ1n) is 8.80.